The SMILES string of the molecule is COc1ccc2c(O)ccc(-n3nc([C@H]4CCCN(CCC5CCCCC5)C4)[nH]c3=O)c2n1. The Morgan fingerprint density at radius 1 is 1.12 bits per heavy atom. The van der Waals surface area contributed by atoms with Crippen molar-refractivity contribution in [3.8, 4) is 17.3 Å². The Kier molecular flexibility index (Phi) is 6.35. The lowest BCUT2D eigenvalue weighted by Gasteiger charge is -2.33. The second kappa shape index (κ2) is 9.55. The smallest absolute Gasteiger partial charge is 0.348 e. The van der Waals surface area contributed by atoms with Gasteiger partial charge in [-0.25, -0.2) is 9.78 Å². The summed E-state index contributed by atoms with van der Waals surface area (Å²) in [7, 11) is 1.54. The zero-order valence-corrected chi connectivity index (χ0v) is 19.3. The topological polar surface area (TPSA) is 96.3 Å². The highest BCUT2D eigenvalue weighted by molar-refractivity contribution is 5.91. The number of aromatic amines is 1. The fourth-order valence-electron chi connectivity index (χ4n) is 5.46. The zero-order valence-electron chi connectivity index (χ0n) is 19.3. The number of fused-ring (bicyclic) bond motifs is 1. The number of hydrogen-bond donors (Lipinski definition) is 2. The Morgan fingerprint density at radius 3 is 2.79 bits per heavy atom. The first-order chi connectivity index (χ1) is 16.1. The van der Waals surface area contributed by atoms with E-state index in [1.807, 2.05) is 0 Å². The molecule has 176 valence electrons. The van der Waals surface area contributed by atoms with Gasteiger partial charge in [0.1, 0.15) is 17.1 Å². The normalized spacial score (nSPS) is 20.3. The minimum Gasteiger partial charge on any atom is -0.507 e. The van der Waals surface area contributed by atoms with E-state index in [4.69, 9.17) is 4.74 Å². The highest BCUT2D eigenvalue weighted by atomic mass is 16.5. The van der Waals surface area contributed by atoms with Gasteiger partial charge in [0.05, 0.1) is 12.8 Å². The molecule has 8 heteroatoms. The highest BCUT2D eigenvalue weighted by Crippen LogP contribution is 2.31. The van der Waals surface area contributed by atoms with Crippen LogP contribution in [0.5, 0.6) is 11.6 Å². The Bertz CT molecular complexity index is 1160. The Balaban J connectivity index is 1.36. The molecule has 3 heterocycles. The summed E-state index contributed by atoms with van der Waals surface area (Å²) in [6.45, 7) is 3.20. The summed E-state index contributed by atoms with van der Waals surface area (Å²) < 4.78 is 6.61. The largest absolute Gasteiger partial charge is 0.507 e. The van der Waals surface area contributed by atoms with Gasteiger partial charge in [-0.2, -0.15) is 4.68 Å². The van der Waals surface area contributed by atoms with Crippen molar-refractivity contribution in [2.45, 2.75) is 57.3 Å². The van der Waals surface area contributed by atoms with Gasteiger partial charge >= 0.3 is 5.69 Å². The molecular weight excluding hydrogens is 418 g/mol. The predicted molar refractivity (Wildman–Crippen MR) is 127 cm³/mol. The van der Waals surface area contributed by atoms with Crippen LogP contribution in [0.1, 0.15) is 63.1 Å². The van der Waals surface area contributed by atoms with Gasteiger partial charge in [-0.3, -0.25) is 4.98 Å². The molecule has 0 amide bonds. The fourth-order valence-corrected chi connectivity index (χ4v) is 5.46. The maximum atomic E-state index is 12.9. The first kappa shape index (κ1) is 21.9. The molecule has 2 aliphatic rings. The molecule has 0 radical (unpaired) electrons. The van der Waals surface area contributed by atoms with E-state index in [1.54, 1.807) is 31.4 Å². The maximum absolute atomic E-state index is 12.9. The third-order valence-corrected chi connectivity index (χ3v) is 7.33. The number of hydrogen-bond acceptors (Lipinski definition) is 6. The van der Waals surface area contributed by atoms with Crippen molar-refractivity contribution in [2.24, 2.45) is 5.92 Å². The average molecular weight is 452 g/mol. The lowest BCUT2D eigenvalue weighted by molar-refractivity contribution is 0.182. The number of benzene rings is 1. The minimum absolute atomic E-state index is 0.105. The molecule has 2 N–H and O–H groups in total. The summed E-state index contributed by atoms with van der Waals surface area (Å²) in [6, 6.07) is 6.67. The van der Waals surface area contributed by atoms with E-state index >= 15 is 0 Å². The second-order valence-electron chi connectivity index (χ2n) is 9.51. The van der Waals surface area contributed by atoms with Crippen molar-refractivity contribution >= 4 is 10.9 Å². The van der Waals surface area contributed by atoms with Crippen LogP contribution >= 0.6 is 0 Å². The molecule has 8 nitrogen and oxygen atoms in total. The van der Waals surface area contributed by atoms with Crippen LogP contribution in [0, 0.1) is 5.92 Å². The van der Waals surface area contributed by atoms with E-state index in [2.05, 4.69) is 20.0 Å². The molecule has 5 rings (SSSR count). The number of ether oxygens (including phenoxy) is 1. The molecule has 0 unspecified atom stereocenters. The number of methoxy groups -OCH3 is 1. The van der Waals surface area contributed by atoms with Crippen molar-refractivity contribution in [3.05, 3.63) is 40.6 Å². The van der Waals surface area contributed by atoms with Crippen LogP contribution in [0.25, 0.3) is 16.6 Å². The third-order valence-electron chi connectivity index (χ3n) is 7.33. The molecule has 33 heavy (non-hydrogen) atoms. The van der Waals surface area contributed by atoms with E-state index in [0.717, 1.165) is 44.2 Å². The molecule has 1 aliphatic heterocycles. The van der Waals surface area contributed by atoms with Gasteiger partial charge in [0, 0.05) is 23.9 Å². The summed E-state index contributed by atoms with van der Waals surface area (Å²) in [5.41, 5.74) is 0.715. The fraction of sp³-hybridized carbons (Fsp3) is 0.560. The van der Waals surface area contributed by atoms with Gasteiger partial charge in [-0.1, -0.05) is 32.1 Å². The van der Waals surface area contributed by atoms with Crippen LogP contribution < -0.4 is 10.4 Å². The third kappa shape index (κ3) is 4.62. The van der Waals surface area contributed by atoms with E-state index in [9.17, 15) is 9.90 Å². The molecule has 1 saturated carbocycles. The van der Waals surface area contributed by atoms with E-state index in [1.165, 1.54) is 43.2 Å². The number of piperidine rings is 1. The Morgan fingerprint density at radius 2 is 1.97 bits per heavy atom. The van der Waals surface area contributed by atoms with E-state index in [-0.39, 0.29) is 17.4 Å². The number of aromatic hydroxyl groups is 1. The molecule has 1 aliphatic carbocycles. The molecule has 2 fully saturated rings. The number of nitrogens with zero attached hydrogens (tertiary/aromatic N) is 4. The van der Waals surface area contributed by atoms with Gasteiger partial charge in [0.2, 0.25) is 5.88 Å². The molecule has 3 aromatic rings. The summed E-state index contributed by atoms with van der Waals surface area (Å²) >= 11 is 0. The van der Waals surface area contributed by atoms with Crippen LogP contribution in [0.3, 0.4) is 0 Å². The monoisotopic (exact) mass is 451 g/mol. The van der Waals surface area contributed by atoms with Crippen LogP contribution in [0.4, 0.5) is 0 Å². The van der Waals surface area contributed by atoms with Crippen LogP contribution in [0.15, 0.2) is 29.1 Å². The Hall–Kier alpha value is -2.87. The van der Waals surface area contributed by atoms with Crippen molar-refractivity contribution in [3.63, 3.8) is 0 Å². The van der Waals surface area contributed by atoms with E-state index < -0.39 is 0 Å². The lowest BCUT2D eigenvalue weighted by Crippen LogP contribution is -2.36. The number of rotatable bonds is 6. The van der Waals surface area contributed by atoms with Crippen molar-refractivity contribution in [1.29, 1.82) is 0 Å². The van der Waals surface area contributed by atoms with E-state index in [0.29, 0.717) is 22.5 Å². The zero-order chi connectivity index (χ0) is 22.8. The van der Waals surface area contributed by atoms with Crippen molar-refractivity contribution < 1.29 is 9.84 Å². The molecule has 1 saturated heterocycles. The molecule has 1 atom stereocenters. The average Bonchev–Trinajstić information content (AvgIpc) is 3.25. The molecular formula is C25H33N5O3. The number of phenolic OH excluding ortho intramolecular Hbond substituents is 1. The summed E-state index contributed by atoms with van der Waals surface area (Å²) in [5.74, 6) is 2.34. The number of nitrogens with one attached hydrogen (secondary N) is 1. The quantitative estimate of drug-likeness (QED) is 0.589. The number of pyridine rings is 1. The molecule has 2 aromatic heterocycles. The number of phenols is 1. The summed E-state index contributed by atoms with van der Waals surface area (Å²) in [6.07, 6.45) is 10.4. The molecule has 0 spiro atoms. The molecule has 1 aromatic carbocycles. The van der Waals surface area contributed by atoms with Gasteiger partial charge in [0.15, 0.2) is 0 Å². The van der Waals surface area contributed by atoms with Gasteiger partial charge in [-0.15, -0.1) is 5.10 Å². The first-order valence-electron chi connectivity index (χ1n) is 12.2. The summed E-state index contributed by atoms with van der Waals surface area (Å²) in [4.78, 5) is 22.9. The van der Waals surface area contributed by atoms with Gasteiger partial charge in [-0.05, 0) is 56.5 Å². The van der Waals surface area contributed by atoms with Crippen LogP contribution in [0.2, 0.25) is 0 Å². The first-order valence-corrected chi connectivity index (χ1v) is 12.2. The lowest BCUT2D eigenvalue weighted by atomic mass is 9.86. The standard InChI is InChI=1S/C25H33N5O3/c1-33-22-12-9-19-21(31)11-10-20(23(19)26-22)30-25(32)27-24(28-30)18-8-5-14-29(16-18)15-13-17-6-3-2-4-7-17/h9-12,17-18,31H,2-8,13-16H2,1H3,(H,27,28,32)/t18-/m0/s1. The second-order valence-corrected chi connectivity index (χ2v) is 9.51. The van der Waals surface area contributed by atoms with Crippen LogP contribution in [-0.2, 0) is 0 Å². The number of aromatic nitrogens is 4. The van der Waals surface area contributed by atoms with Crippen molar-refractivity contribution in [1.82, 2.24) is 24.6 Å². The molecule has 0 bridgehead atoms. The highest BCUT2D eigenvalue weighted by Gasteiger charge is 2.26. The number of likely N-dealkylation sites (tertiary alicyclic amines) is 1. The minimum atomic E-state index is -0.291. The number of H-pyrrole nitrogens is 1. The van der Waals surface area contributed by atoms with Gasteiger partial charge in [0.25, 0.3) is 0 Å². The van der Waals surface area contributed by atoms with Crippen molar-refractivity contribution in [2.75, 3.05) is 26.7 Å². The predicted octanol–water partition coefficient (Wildman–Crippen LogP) is 3.97. The summed E-state index contributed by atoms with van der Waals surface area (Å²) in [5, 5.41) is 15.5. The van der Waals surface area contributed by atoms with Gasteiger partial charge < -0.3 is 14.7 Å². The Labute approximate surface area is 193 Å². The maximum Gasteiger partial charge on any atom is 0.348 e. The van der Waals surface area contributed by atoms with Crippen LogP contribution in [-0.4, -0.2) is 56.5 Å².